The summed E-state index contributed by atoms with van der Waals surface area (Å²) in [4.78, 5) is 16.3. The van der Waals surface area contributed by atoms with Crippen LogP contribution in [0.4, 0.5) is 0 Å². The lowest BCUT2D eigenvalue weighted by molar-refractivity contribution is 0.893. The quantitative estimate of drug-likeness (QED) is 0.0958. The number of fused-ring (bicyclic) bond motifs is 6. The SMILES string of the molecule is [2H]c1c([2H])c([2H])c([Si](c2ccccc2)(c2ccccc2)c2c([2H])c(-c3nc(-n4c5ccccc5c5ccccc54)nc(-n4c5ccccc5c5ccccc54)n3)c([2H])c([Si](c3ccccc3)(c3ccccc3)c3c([2H])c([2H])c([2H])c([2H])c3[2H])c2[2H])c([2H])c1[2H]. The molecule has 0 saturated heterocycles. The molecule has 14 aromatic rings. The maximum Gasteiger partial charge on any atom is 0.240 e. The summed E-state index contributed by atoms with van der Waals surface area (Å²) >= 11 is 0. The molecule has 14 rings (SSSR count). The molecule has 7 heteroatoms. The van der Waals surface area contributed by atoms with Crippen LogP contribution in [0.1, 0.15) is 17.8 Å². The molecule has 0 amide bonds. The average molecular weight is 1020 g/mol. The molecule has 5 nitrogen and oxygen atoms in total. The van der Waals surface area contributed by atoms with Crippen molar-refractivity contribution in [1.29, 1.82) is 0 Å². The van der Waals surface area contributed by atoms with Crippen LogP contribution in [0.25, 0.3) is 66.9 Å². The van der Waals surface area contributed by atoms with Gasteiger partial charge >= 0.3 is 0 Å². The number of nitrogens with zero attached hydrogens (tertiary/aromatic N) is 5. The molecule has 0 aliphatic heterocycles. The first-order valence-electron chi connectivity index (χ1n) is 31.4. The van der Waals surface area contributed by atoms with Gasteiger partial charge in [0, 0.05) is 27.1 Å². The average Bonchev–Trinajstić information content (AvgIpc) is 1.75. The van der Waals surface area contributed by atoms with Crippen molar-refractivity contribution in [3.05, 3.63) is 297 Å². The molecule has 0 spiro atoms. The van der Waals surface area contributed by atoms with E-state index in [9.17, 15) is 15.1 Å². The molecule has 0 aliphatic rings. The van der Waals surface area contributed by atoms with Crippen molar-refractivity contribution >= 4 is 101 Å². The Morgan fingerprint density at radius 1 is 0.276 bits per heavy atom. The third kappa shape index (κ3) is 7.16. The minimum atomic E-state index is -4.91. The molecule has 76 heavy (non-hydrogen) atoms. The zero-order chi connectivity index (χ0) is 61.8. The van der Waals surface area contributed by atoms with Crippen LogP contribution < -0.4 is 41.5 Å². The molecule has 358 valence electrons. The van der Waals surface area contributed by atoms with Gasteiger partial charge in [-0.25, -0.2) is 0 Å². The molecule has 0 bridgehead atoms. The highest BCUT2D eigenvalue weighted by molar-refractivity contribution is 7.22. The standard InChI is InChI=1S/C69H49N5Si2/c1-7-27-51(28-8-1)75(52-29-9-2-10-30-52,53-31-11-3-12-32-53)57-47-50(48-58(49-57)76(54-33-13-4-14-34-54,55-35-15-5-16-36-55)56-37-17-6-18-38-56)67-70-68(73-63-43-23-19-39-59(63)60-40-20-24-44-64(60)73)72-69(71-67)74-65-45-25-21-41-61(65)62-42-22-26-46-66(62)74/h1-49H/i1D,4D,7D,8D,13D,14D,27D,28D,33D,34D,47D,48D,49D. The molecule has 0 unspecified atom stereocenters. The fourth-order valence-electron chi connectivity index (χ4n) is 11.3. The van der Waals surface area contributed by atoms with E-state index in [4.69, 9.17) is 17.7 Å². The zero-order valence-electron chi connectivity index (χ0n) is 53.5. The Balaban J connectivity index is 1.29. The molecular formula is C69H49N5Si2. The van der Waals surface area contributed by atoms with Crippen LogP contribution in [0.2, 0.25) is 0 Å². The maximum atomic E-state index is 11.5. The lowest BCUT2D eigenvalue weighted by Gasteiger charge is -2.38. The first-order chi connectivity index (χ1) is 43.1. The van der Waals surface area contributed by atoms with E-state index >= 15 is 0 Å². The van der Waals surface area contributed by atoms with Gasteiger partial charge in [0.2, 0.25) is 11.9 Å². The fraction of sp³-hybridized carbons (Fsp3) is 0. The highest BCUT2D eigenvalue weighted by Crippen LogP contribution is 2.34. The summed E-state index contributed by atoms with van der Waals surface area (Å²) in [5.41, 5.74) is 2.63. The Hall–Kier alpha value is -9.54. The van der Waals surface area contributed by atoms with Crippen LogP contribution in [0.5, 0.6) is 0 Å². The Labute approximate surface area is 461 Å². The van der Waals surface area contributed by atoms with E-state index in [-0.39, 0.29) is 44.0 Å². The van der Waals surface area contributed by atoms with E-state index in [1.54, 1.807) is 121 Å². The fourth-order valence-corrected chi connectivity index (χ4v) is 19.9. The van der Waals surface area contributed by atoms with Gasteiger partial charge < -0.3 is 0 Å². The highest BCUT2D eigenvalue weighted by atomic mass is 28.3. The van der Waals surface area contributed by atoms with Crippen molar-refractivity contribution in [2.45, 2.75) is 0 Å². The van der Waals surface area contributed by atoms with Gasteiger partial charge in [-0.05, 0) is 65.8 Å². The molecule has 0 saturated carbocycles. The Bertz CT molecular complexity index is 4650. The predicted octanol–water partition coefficient (Wildman–Crippen LogP) is 10.5. The Morgan fingerprint density at radius 3 is 0.882 bits per heavy atom. The van der Waals surface area contributed by atoms with Gasteiger partial charge in [-0.15, -0.1) is 0 Å². The van der Waals surface area contributed by atoms with Crippen molar-refractivity contribution < 1.29 is 17.8 Å². The van der Waals surface area contributed by atoms with Gasteiger partial charge in [-0.1, -0.05) is 273 Å². The highest BCUT2D eigenvalue weighted by Gasteiger charge is 2.46. The topological polar surface area (TPSA) is 48.5 Å². The lowest BCUT2D eigenvalue weighted by atomic mass is 10.2. The maximum absolute atomic E-state index is 11.5. The second-order valence-electron chi connectivity index (χ2n) is 18.5. The van der Waals surface area contributed by atoms with Gasteiger partial charge in [0.05, 0.1) is 39.9 Å². The number of para-hydroxylation sites is 4. The van der Waals surface area contributed by atoms with Crippen LogP contribution in [-0.2, 0) is 0 Å². The third-order valence-electron chi connectivity index (χ3n) is 14.5. The molecule has 3 heterocycles. The second-order valence-corrected chi connectivity index (χ2v) is 25.8. The summed E-state index contributed by atoms with van der Waals surface area (Å²) < 4.78 is 134. The number of aromatic nitrogens is 5. The van der Waals surface area contributed by atoms with E-state index < -0.39 is 94.7 Å². The van der Waals surface area contributed by atoms with Crippen molar-refractivity contribution in [1.82, 2.24) is 24.1 Å². The van der Waals surface area contributed by atoms with E-state index in [1.807, 2.05) is 106 Å². The minimum absolute atomic E-state index is 0.0848. The largest absolute Gasteiger partial charge is 0.278 e. The smallest absolute Gasteiger partial charge is 0.240 e. The molecule has 0 radical (unpaired) electrons. The third-order valence-corrected chi connectivity index (χ3v) is 23.3. The van der Waals surface area contributed by atoms with Crippen LogP contribution in [0.3, 0.4) is 0 Å². The monoisotopic (exact) mass is 1020 g/mol. The van der Waals surface area contributed by atoms with Crippen LogP contribution in [0.15, 0.2) is 297 Å². The molecule has 0 fully saturated rings. The molecule has 0 atom stereocenters. The summed E-state index contributed by atoms with van der Waals surface area (Å²) in [5, 5.41) is 4.52. The van der Waals surface area contributed by atoms with Crippen LogP contribution in [0, 0.1) is 0 Å². The number of hydrogen-bond donors (Lipinski definition) is 0. The van der Waals surface area contributed by atoms with E-state index in [1.165, 1.54) is 0 Å². The first kappa shape index (κ1) is 33.3. The summed E-state index contributed by atoms with van der Waals surface area (Å²) in [5.74, 6) is -0.0513. The van der Waals surface area contributed by atoms with Crippen molar-refractivity contribution in [2.24, 2.45) is 0 Å². The van der Waals surface area contributed by atoms with E-state index in [0.717, 1.165) is 43.6 Å². The number of benzene rings is 11. The number of rotatable bonds is 11. The number of hydrogen-bond acceptors (Lipinski definition) is 3. The second kappa shape index (κ2) is 18.7. The minimum Gasteiger partial charge on any atom is -0.278 e. The molecule has 0 N–H and O–H groups in total. The first-order valence-corrected chi connectivity index (χ1v) is 28.9. The van der Waals surface area contributed by atoms with Crippen molar-refractivity contribution in [3.63, 3.8) is 0 Å². The molecular weight excluding hydrogens is 955 g/mol. The predicted molar refractivity (Wildman–Crippen MR) is 321 cm³/mol. The summed E-state index contributed by atoms with van der Waals surface area (Å²) in [6, 6.07) is 58.9. The van der Waals surface area contributed by atoms with Crippen LogP contribution >= 0.6 is 0 Å². The van der Waals surface area contributed by atoms with E-state index in [2.05, 4.69) is 0 Å². The lowest BCUT2D eigenvalue weighted by Crippen LogP contribution is -2.78. The van der Waals surface area contributed by atoms with Gasteiger partial charge in [0.15, 0.2) is 22.0 Å². The van der Waals surface area contributed by atoms with Crippen molar-refractivity contribution in [2.75, 3.05) is 0 Å². The van der Waals surface area contributed by atoms with Gasteiger partial charge in [-0.3, -0.25) is 9.13 Å². The van der Waals surface area contributed by atoms with Gasteiger partial charge in [0.1, 0.15) is 0 Å². The molecule has 11 aromatic carbocycles. The Kier molecular flexibility index (Phi) is 8.22. The summed E-state index contributed by atoms with van der Waals surface area (Å²) in [6.45, 7) is 0. The summed E-state index contributed by atoms with van der Waals surface area (Å²) in [7, 11) is -9.83. The van der Waals surface area contributed by atoms with E-state index in [0.29, 0.717) is 20.7 Å². The Morgan fingerprint density at radius 2 is 0.566 bits per heavy atom. The van der Waals surface area contributed by atoms with Crippen molar-refractivity contribution in [3.8, 4) is 23.3 Å². The molecule has 3 aromatic heterocycles. The van der Waals surface area contributed by atoms with Gasteiger partial charge in [-0.2, -0.15) is 15.0 Å². The van der Waals surface area contributed by atoms with Crippen LogP contribution in [-0.4, -0.2) is 40.2 Å². The summed E-state index contributed by atoms with van der Waals surface area (Å²) in [6.07, 6.45) is 0. The molecule has 0 aliphatic carbocycles. The van der Waals surface area contributed by atoms with Gasteiger partial charge in [0.25, 0.3) is 0 Å². The normalized spacial score (nSPS) is 14.3. The zero-order valence-corrected chi connectivity index (χ0v) is 42.5.